The highest BCUT2D eigenvalue weighted by molar-refractivity contribution is 6.04. The van der Waals surface area contributed by atoms with E-state index in [2.05, 4.69) is 32.3 Å². The van der Waals surface area contributed by atoms with Crippen LogP contribution in [0.4, 0.5) is 5.69 Å². The number of fused-ring (bicyclic) bond motifs is 2. The Balaban J connectivity index is 1.41. The summed E-state index contributed by atoms with van der Waals surface area (Å²) in [5.41, 5.74) is 1.71. The van der Waals surface area contributed by atoms with E-state index in [1.165, 1.54) is 0 Å². The highest BCUT2D eigenvalue weighted by atomic mass is 16.2. The van der Waals surface area contributed by atoms with Gasteiger partial charge in [-0.1, -0.05) is 25.1 Å². The van der Waals surface area contributed by atoms with Crippen LogP contribution >= 0.6 is 0 Å². The number of amides is 2. The number of carbonyl (C=O) groups is 2. The Kier molecular flexibility index (Phi) is 3.99. The maximum Gasteiger partial charge on any atom is 0.232 e. The molecule has 2 aromatic rings. The van der Waals surface area contributed by atoms with Crippen molar-refractivity contribution in [3.63, 3.8) is 0 Å². The molecule has 0 aliphatic carbocycles. The van der Waals surface area contributed by atoms with Gasteiger partial charge in [-0.3, -0.25) is 9.59 Å². The average molecular weight is 339 g/mol. The van der Waals surface area contributed by atoms with E-state index in [0.717, 1.165) is 42.2 Å². The van der Waals surface area contributed by atoms with Gasteiger partial charge >= 0.3 is 0 Å². The lowest BCUT2D eigenvalue weighted by molar-refractivity contribution is -0.125. The number of benzene rings is 1. The molecule has 4 rings (SSSR count). The minimum atomic E-state index is -0.406. The van der Waals surface area contributed by atoms with Gasteiger partial charge in [-0.05, 0) is 18.1 Å². The number of nitrogens with zero attached hydrogens (tertiary/aromatic N) is 3. The van der Waals surface area contributed by atoms with Crippen LogP contribution in [0.5, 0.6) is 0 Å². The Morgan fingerprint density at radius 2 is 2.20 bits per heavy atom. The molecule has 1 aromatic carbocycles. The summed E-state index contributed by atoms with van der Waals surface area (Å²) >= 11 is 0. The summed E-state index contributed by atoms with van der Waals surface area (Å²) < 4.78 is 2.10. The number of aryl methyl sites for hydroxylation is 2. The highest BCUT2D eigenvalue weighted by Crippen LogP contribution is 2.34. The molecule has 7 nitrogen and oxygen atoms in total. The molecule has 2 atom stereocenters. The van der Waals surface area contributed by atoms with Crippen LogP contribution in [0.2, 0.25) is 0 Å². The average Bonchev–Trinajstić information content (AvgIpc) is 3.15. The van der Waals surface area contributed by atoms with Crippen molar-refractivity contribution in [2.24, 2.45) is 0 Å². The molecular formula is C18H21N5O2. The van der Waals surface area contributed by atoms with Crippen LogP contribution in [0.1, 0.15) is 42.9 Å². The van der Waals surface area contributed by atoms with E-state index >= 15 is 0 Å². The van der Waals surface area contributed by atoms with Crippen molar-refractivity contribution in [3.8, 4) is 0 Å². The van der Waals surface area contributed by atoms with Crippen LogP contribution < -0.4 is 10.6 Å². The summed E-state index contributed by atoms with van der Waals surface area (Å²) in [6.45, 7) is 2.75. The maximum absolute atomic E-state index is 12.5. The second-order valence-electron chi connectivity index (χ2n) is 6.63. The molecule has 0 unspecified atom stereocenters. The fraction of sp³-hybridized carbons (Fsp3) is 0.444. The zero-order chi connectivity index (χ0) is 17.4. The van der Waals surface area contributed by atoms with Crippen molar-refractivity contribution < 1.29 is 9.59 Å². The summed E-state index contributed by atoms with van der Waals surface area (Å²) in [4.78, 5) is 24.7. The number of hydrogen-bond donors (Lipinski definition) is 2. The second kappa shape index (κ2) is 6.31. The lowest BCUT2D eigenvalue weighted by atomic mass is 9.96. The fourth-order valence-corrected chi connectivity index (χ4v) is 3.71. The smallest absolute Gasteiger partial charge is 0.232 e. The van der Waals surface area contributed by atoms with Gasteiger partial charge in [0.25, 0.3) is 0 Å². The maximum atomic E-state index is 12.5. The number of rotatable bonds is 4. The summed E-state index contributed by atoms with van der Waals surface area (Å²) in [7, 11) is 0. The number of para-hydroxylation sites is 1. The van der Waals surface area contributed by atoms with Gasteiger partial charge in [0, 0.05) is 37.5 Å². The third kappa shape index (κ3) is 2.90. The lowest BCUT2D eigenvalue weighted by Gasteiger charge is -2.25. The molecule has 130 valence electrons. The van der Waals surface area contributed by atoms with Crippen molar-refractivity contribution in [1.82, 2.24) is 20.1 Å². The molecule has 0 spiro atoms. The zero-order valence-electron chi connectivity index (χ0n) is 14.2. The minimum absolute atomic E-state index is 0.0565. The van der Waals surface area contributed by atoms with Crippen LogP contribution in [0, 0.1) is 0 Å². The number of carbonyl (C=O) groups excluding carboxylic acids is 2. The summed E-state index contributed by atoms with van der Waals surface area (Å²) in [5.74, 6) is 1.35. The molecular weight excluding hydrogens is 318 g/mol. The molecule has 7 heteroatoms. The highest BCUT2D eigenvalue weighted by Gasteiger charge is 2.32. The Morgan fingerprint density at radius 1 is 1.36 bits per heavy atom. The van der Waals surface area contributed by atoms with E-state index in [4.69, 9.17) is 0 Å². The monoisotopic (exact) mass is 339 g/mol. The molecule has 0 radical (unpaired) electrons. The Labute approximate surface area is 145 Å². The first-order valence-corrected chi connectivity index (χ1v) is 8.75. The molecule has 0 bridgehead atoms. The molecule has 2 amide bonds. The molecule has 2 aliphatic heterocycles. The van der Waals surface area contributed by atoms with E-state index in [1.807, 2.05) is 24.3 Å². The molecule has 0 saturated carbocycles. The van der Waals surface area contributed by atoms with Crippen LogP contribution in [0.3, 0.4) is 0 Å². The van der Waals surface area contributed by atoms with Gasteiger partial charge in [0.1, 0.15) is 11.6 Å². The van der Waals surface area contributed by atoms with Crippen LogP contribution in [0.15, 0.2) is 24.3 Å². The Hall–Kier alpha value is -2.70. The number of nitrogens with one attached hydrogen (secondary N) is 2. The summed E-state index contributed by atoms with van der Waals surface area (Å²) in [6, 6.07) is 7.60. The van der Waals surface area contributed by atoms with Gasteiger partial charge in [-0.15, -0.1) is 10.2 Å². The topological polar surface area (TPSA) is 88.9 Å². The largest absolute Gasteiger partial charge is 0.352 e. The Morgan fingerprint density at radius 3 is 3.04 bits per heavy atom. The standard InChI is InChI=1S/C18H21N5O2/c1-2-15-21-22-16-8-7-11(10-23(15)16)19-17(24)9-13-12-5-3-4-6-14(12)20-18(13)25/h3-6,11,13H,2,7-10H2,1H3,(H,19,24)(H,20,25)/t11-,13-/m1/s1. The predicted molar refractivity (Wildman–Crippen MR) is 92.1 cm³/mol. The molecule has 2 N–H and O–H groups in total. The molecule has 0 fully saturated rings. The second-order valence-corrected chi connectivity index (χ2v) is 6.63. The first kappa shape index (κ1) is 15.8. The van der Waals surface area contributed by atoms with E-state index < -0.39 is 5.92 Å². The lowest BCUT2D eigenvalue weighted by Crippen LogP contribution is -2.42. The minimum Gasteiger partial charge on any atom is -0.352 e. The van der Waals surface area contributed by atoms with Crippen LogP contribution in [-0.2, 0) is 29.0 Å². The number of anilines is 1. The van der Waals surface area contributed by atoms with Gasteiger partial charge in [0.05, 0.1) is 5.92 Å². The van der Waals surface area contributed by atoms with E-state index in [1.54, 1.807) is 0 Å². The van der Waals surface area contributed by atoms with Gasteiger partial charge in [-0.2, -0.15) is 0 Å². The van der Waals surface area contributed by atoms with Gasteiger partial charge < -0.3 is 15.2 Å². The van der Waals surface area contributed by atoms with Gasteiger partial charge in [0.15, 0.2) is 0 Å². The fourth-order valence-electron chi connectivity index (χ4n) is 3.71. The Bertz CT molecular complexity index is 815. The quantitative estimate of drug-likeness (QED) is 0.881. The summed E-state index contributed by atoms with van der Waals surface area (Å²) in [6.07, 6.45) is 2.66. The third-order valence-corrected chi connectivity index (χ3v) is 5.00. The predicted octanol–water partition coefficient (Wildman–Crippen LogP) is 1.40. The molecule has 3 heterocycles. The van der Waals surface area contributed by atoms with Crippen molar-refractivity contribution in [1.29, 1.82) is 0 Å². The number of aromatic nitrogens is 3. The van der Waals surface area contributed by atoms with Crippen LogP contribution in [-0.4, -0.2) is 32.6 Å². The van der Waals surface area contributed by atoms with Gasteiger partial charge in [0.2, 0.25) is 11.8 Å². The number of hydrogen-bond acceptors (Lipinski definition) is 4. The molecule has 0 saturated heterocycles. The van der Waals surface area contributed by atoms with Crippen LogP contribution in [0.25, 0.3) is 0 Å². The molecule has 1 aromatic heterocycles. The van der Waals surface area contributed by atoms with E-state index in [0.29, 0.717) is 6.54 Å². The van der Waals surface area contributed by atoms with Crippen molar-refractivity contribution >= 4 is 17.5 Å². The normalized spacial score (nSPS) is 21.4. The van der Waals surface area contributed by atoms with E-state index in [9.17, 15) is 9.59 Å². The van der Waals surface area contributed by atoms with Crippen molar-refractivity contribution in [3.05, 3.63) is 41.5 Å². The van der Waals surface area contributed by atoms with Crippen molar-refractivity contribution in [2.45, 2.75) is 51.1 Å². The molecule has 2 aliphatic rings. The van der Waals surface area contributed by atoms with E-state index in [-0.39, 0.29) is 24.3 Å². The van der Waals surface area contributed by atoms with Crippen molar-refractivity contribution in [2.75, 3.05) is 5.32 Å². The molecule has 25 heavy (non-hydrogen) atoms. The zero-order valence-corrected chi connectivity index (χ0v) is 14.2. The first-order valence-electron chi connectivity index (χ1n) is 8.75. The summed E-state index contributed by atoms with van der Waals surface area (Å²) in [5, 5.41) is 14.3. The SMILES string of the molecule is CCc1nnc2n1C[C@H](NC(=O)C[C@H]1C(=O)Nc3ccccc31)CC2. The van der Waals surface area contributed by atoms with Gasteiger partial charge in [-0.25, -0.2) is 0 Å². The third-order valence-electron chi connectivity index (χ3n) is 5.00. The first-order chi connectivity index (χ1) is 12.2.